The number of hydrogen-bond donors (Lipinski definition) is 2. The first kappa shape index (κ1) is 18.7. The van der Waals surface area contributed by atoms with Crippen LogP contribution in [0.4, 0.5) is 4.79 Å². The maximum atomic E-state index is 12.5. The number of nitrogens with zero attached hydrogens (tertiary/aromatic N) is 3. The molecule has 0 aliphatic carbocycles. The van der Waals surface area contributed by atoms with Crippen molar-refractivity contribution in [3.8, 4) is 0 Å². The zero-order valence-electron chi connectivity index (χ0n) is 14.9. The molecule has 1 aliphatic heterocycles. The first-order valence-electron chi connectivity index (χ1n) is 8.77. The Morgan fingerprint density at radius 1 is 1.38 bits per heavy atom. The molecule has 1 fully saturated rings. The molecule has 2 heterocycles. The molecule has 140 valence electrons. The van der Waals surface area contributed by atoms with Crippen LogP contribution < -0.4 is 5.32 Å². The maximum absolute atomic E-state index is 12.5. The van der Waals surface area contributed by atoms with Gasteiger partial charge in [-0.2, -0.15) is 4.98 Å². The number of carbonyl (C=O) groups excluding carboxylic acids is 1. The molecular weight excluding hydrogens is 356 g/mol. The highest BCUT2D eigenvalue weighted by atomic mass is 35.5. The van der Waals surface area contributed by atoms with Crippen LogP contribution in [-0.2, 0) is 12.0 Å². The summed E-state index contributed by atoms with van der Waals surface area (Å²) < 4.78 is 5.16. The first-order valence-corrected chi connectivity index (χ1v) is 9.15. The second kappa shape index (κ2) is 7.63. The van der Waals surface area contributed by atoms with Crippen molar-refractivity contribution in [3.05, 3.63) is 46.6 Å². The summed E-state index contributed by atoms with van der Waals surface area (Å²) in [6.45, 7) is 4.66. The van der Waals surface area contributed by atoms with Crippen molar-refractivity contribution in [1.29, 1.82) is 0 Å². The molecule has 0 bridgehead atoms. The van der Waals surface area contributed by atoms with Crippen molar-refractivity contribution in [1.82, 2.24) is 20.4 Å². The zero-order chi connectivity index (χ0) is 18.7. The molecule has 1 aliphatic rings. The molecule has 2 aromatic rings. The van der Waals surface area contributed by atoms with Gasteiger partial charge in [0.25, 0.3) is 0 Å². The molecule has 0 spiro atoms. The summed E-state index contributed by atoms with van der Waals surface area (Å²) in [7, 11) is 0. The molecule has 26 heavy (non-hydrogen) atoms. The van der Waals surface area contributed by atoms with E-state index >= 15 is 0 Å². The molecule has 0 saturated carbocycles. The Hall–Kier alpha value is -2.12. The minimum absolute atomic E-state index is 0.202. The molecular formula is C18H23ClN4O3. The quantitative estimate of drug-likeness (QED) is 0.853. The third kappa shape index (κ3) is 3.99. The summed E-state index contributed by atoms with van der Waals surface area (Å²) in [5.41, 5.74) is -0.108. The molecule has 2 N–H and O–H groups in total. The Kier molecular flexibility index (Phi) is 5.48. The van der Waals surface area contributed by atoms with Crippen molar-refractivity contribution in [2.24, 2.45) is 0 Å². The molecule has 1 aromatic carbocycles. The van der Waals surface area contributed by atoms with E-state index in [2.05, 4.69) is 15.5 Å². The predicted octanol–water partition coefficient (Wildman–Crippen LogP) is 3.04. The van der Waals surface area contributed by atoms with Gasteiger partial charge in [-0.25, -0.2) is 4.79 Å². The number of amides is 2. The van der Waals surface area contributed by atoms with E-state index in [0.717, 1.165) is 5.56 Å². The van der Waals surface area contributed by atoms with Crippen LogP contribution in [0.25, 0.3) is 0 Å². The average Bonchev–Trinajstić information content (AvgIpc) is 3.12. The molecule has 3 rings (SSSR count). The normalized spacial score (nSPS) is 17.8. The largest absolute Gasteiger partial charge is 0.385 e. The number of nitrogens with one attached hydrogen (secondary N) is 1. The summed E-state index contributed by atoms with van der Waals surface area (Å²) in [5, 5.41) is 18.2. The standard InChI is InChI=1S/C18H23ClN4O3/c1-3-15-21-16(26-22-15)12(2)20-17(24)23-10-8-18(25,9-11-23)13-4-6-14(19)7-5-13/h4-7,12,25H,3,8-11H2,1-2H3,(H,20,24). The fourth-order valence-electron chi connectivity index (χ4n) is 3.05. The van der Waals surface area contributed by atoms with Gasteiger partial charge >= 0.3 is 6.03 Å². The second-order valence-corrected chi connectivity index (χ2v) is 7.04. The van der Waals surface area contributed by atoms with E-state index in [1.165, 1.54) is 0 Å². The van der Waals surface area contributed by atoms with Crippen LogP contribution >= 0.6 is 11.6 Å². The van der Waals surface area contributed by atoms with E-state index in [-0.39, 0.29) is 12.1 Å². The Balaban J connectivity index is 1.57. The Morgan fingerprint density at radius 3 is 2.62 bits per heavy atom. The van der Waals surface area contributed by atoms with E-state index in [0.29, 0.717) is 49.1 Å². The SMILES string of the molecule is CCc1noc(C(C)NC(=O)N2CCC(O)(c3ccc(Cl)cc3)CC2)n1. The molecule has 1 unspecified atom stereocenters. The van der Waals surface area contributed by atoms with E-state index in [1.54, 1.807) is 24.0 Å². The van der Waals surface area contributed by atoms with Crippen LogP contribution in [0, 0.1) is 0 Å². The fraction of sp³-hybridized carbons (Fsp3) is 0.500. The Bertz CT molecular complexity index is 754. The zero-order valence-corrected chi connectivity index (χ0v) is 15.7. The number of aryl methyl sites for hydroxylation is 1. The van der Waals surface area contributed by atoms with Crippen LogP contribution in [0.5, 0.6) is 0 Å². The van der Waals surface area contributed by atoms with Crippen molar-refractivity contribution in [2.45, 2.75) is 44.8 Å². The summed E-state index contributed by atoms with van der Waals surface area (Å²) in [4.78, 5) is 18.4. The van der Waals surface area contributed by atoms with Gasteiger partial charge in [0.1, 0.15) is 6.04 Å². The summed E-state index contributed by atoms with van der Waals surface area (Å²) in [5.74, 6) is 1.01. The van der Waals surface area contributed by atoms with E-state index < -0.39 is 5.60 Å². The van der Waals surface area contributed by atoms with Crippen molar-refractivity contribution < 1.29 is 14.4 Å². The summed E-state index contributed by atoms with van der Waals surface area (Å²) in [6, 6.07) is 6.64. The van der Waals surface area contributed by atoms with Crippen LogP contribution in [0.2, 0.25) is 5.02 Å². The smallest absolute Gasteiger partial charge is 0.318 e. The number of piperidine rings is 1. The lowest BCUT2D eigenvalue weighted by atomic mass is 9.84. The lowest BCUT2D eigenvalue weighted by Crippen LogP contribution is -2.49. The predicted molar refractivity (Wildman–Crippen MR) is 96.8 cm³/mol. The molecule has 0 radical (unpaired) electrons. The van der Waals surface area contributed by atoms with Crippen molar-refractivity contribution in [3.63, 3.8) is 0 Å². The minimum Gasteiger partial charge on any atom is -0.385 e. The Labute approximate surface area is 157 Å². The van der Waals surface area contributed by atoms with Gasteiger partial charge in [-0.3, -0.25) is 0 Å². The van der Waals surface area contributed by atoms with Gasteiger partial charge in [-0.15, -0.1) is 0 Å². The minimum atomic E-state index is -0.935. The van der Waals surface area contributed by atoms with E-state index in [4.69, 9.17) is 16.1 Å². The van der Waals surface area contributed by atoms with Gasteiger partial charge in [0.05, 0.1) is 5.60 Å². The number of urea groups is 1. The van der Waals surface area contributed by atoms with Gasteiger partial charge < -0.3 is 19.8 Å². The van der Waals surface area contributed by atoms with Crippen LogP contribution in [0.1, 0.15) is 50.0 Å². The molecule has 1 aromatic heterocycles. The van der Waals surface area contributed by atoms with Crippen molar-refractivity contribution >= 4 is 17.6 Å². The van der Waals surface area contributed by atoms with Crippen LogP contribution in [-0.4, -0.2) is 39.3 Å². The Morgan fingerprint density at radius 2 is 2.04 bits per heavy atom. The maximum Gasteiger partial charge on any atom is 0.318 e. The molecule has 8 heteroatoms. The van der Waals surface area contributed by atoms with Gasteiger partial charge in [0.15, 0.2) is 5.82 Å². The third-order valence-electron chi connectivity index (χ3n) is 4.77. The number of hydrogen-bond acceptors (Lipinski definition) is 5. The molecule has 1 atom stereocenters. The van der Waals surface area contributed by atoms with E-state index in [9.17, 15) is 9.90 Å². The van der Waals surface area contributed by atoms with Gasteiger partial charge in [-0.1, -0.05) is 35.8 Å². The van der Waals surface area contributed by atoms with Crippen LogP contribution in [0.15, 0.2) is 28.8 Å². The number of benzene rings is 1. The highest BCUT2D eigenvalue weighted by molar-refractivity contribution is 6.30. The van der Waals surface area contributed by atoms with Gasteiger partial charge in [0, 0.05) is 24.5 Å². The number of aliphatic hydroxyl groups is 1. The van der Waals surface area contributed by atoms with Crippen molar-refractivity contribution in [2.75, 3.05) is 13.1 Å². The molecule has 1 saturated heterocycles. The molecule has 7 nitrogen and oxygen atoms in total. The van der Waals surface area contributed by atoms with Crippen LogP contribution in [0.3, 0.4) is 0 Å². The average molecular weight is 379 g/mol. The lowest BCUT2D eigenvalue weighted by Gasteiger charge is -2.38. The lowest BCUT2D eigenvalue weighted by molar-refractivity contribution is -0.0170. The number of likely N-dealkylation sites (tertiary alicyclic amines) is 1. The fourth-order valence-corrected chi connectivity index (χ4v) is 3.18. The number of carbonyl (C=O) groups is 1. The number of aromatic nitrogens is 2. The highest BCUT2D eigenvalue weighted by Gasteiger charge is 2.35. The molecule has 2 amide bonds. The van der Waals surface area contributed by atoms with Gasteiger partial charge in [-0.05, 0) is 37.5 Å². The van der Waals surface area contributed by atoms with E-state index in [1.807, 2.05) is 19.1 Å². The summed E-state index contributed by atoms with van der Waals surface area (Å²) >= 11 is 5.91. The number of halogens is 1. The second-order valence-electron chi connectivity index (χ2n) is 6.60. The summed E-state index contributed by atoms with van der Waals surface area (Å²) in [6.07, 6.45) is 1.62. The monoisotopic (exact) mass is 378 g/mol. The first-order chi connectivity index (χ1) is 12.4. The third-order valence-corrected chi connectivity index (χ3v) is 5.02. The highest BCUT2D eigenvalue weighted by Crippen LogP contribution is 2.33. The topological polar surface area (TPSA) is 91.5 Å². The van der Waals surface area contributed by atoms with Gasteiger partial charge in [0.2, 0.25) is 5.89 Å². The number of rotatable bonds is 4.